The summed E-state index contributed by atoms with van der Waals surface area (Å²) in [5.74, 6) is -0.103. The van der Waals surface area contributed by atoms with E-state index in [1.165, 1.54) is 6.07 Å². The average molecular weight is 369 g/mol. The number of hydrogen-bond acceptors (Lipinski definition) is 3. The largest absolute Gasteiger partial charge is 0.383 e. The van der Waals surface area contributed by atoms with Crippen molar-refractivity contribution < 1.29 is 13.9 Å². The lowest BCUT2D eigenvalue weighted by molar-refractivity contribution is -0.139. The second-order valence-electron chi connectivity index (χ2n) is 7.33. The van der Waals surface area contributed by atoms with Crippen molar-refractivity contribution in [3.63, 3.8) is 0 Å². The van der Waals surface area contributed by atoms with E-state index in [-0.39, 0.29) is 22.2 Å². The van der Waals surface area contributed by atoms with Crippen LogP contribution < -0.4 is 0 Å². The molecule has 0 radical (unpaired) electrons. The van der Waals surface area contributed by atoms with Gasteiger partial charge in [-0.25, -0.2) is 4.39 Å². The van der Waals surface area contributed by atoms with E-state index in [0.717, 1.165) is 51.0 Å². The molecule has 2 aliphatic rings. The molecule has 0 bridgehead atoms. The first kappa shape index (κ1) is 18.6. The second kappa shape index (κ2) is 8.02. The summed E-state index contributed by atoms with van der Waals surface area (Å²) in [6.07, 6.45) is 3.80. The molecule has 2 aliphatic heterocycles. The fraction of sp³-hybridized carbons (Fsp3) is 0.632. The Morgan fingerprint density at radius 1 is 1.28 bits per heavy atom. The van der Waals surface area contributed by atoms with Crippen LogP contribution in [0.3, 0.4) is 0 Å². The molecule has 25 heavy (non-hydrogen) atoms. The second-order valence-corrected chi connectivity index (χ2v) is 7.74. The van der Waals surface area contributed by atoms with Crippen molar-refractivity contribution in [3.8, 4) is 0 Å². The summed E-state index contributed by atoms with van der Waals surface area (Å²) < 4.78 is 18.7. The highest BCUT2D eigenvalue weighted by Gasteiger charge is 2.40. The zero-order valence-electron chi connectivity index (χ0n) is 14.8. The van der Waals surface area contributed by atoms with Crippen molar-refractivity contribution in [2.24, 2.45) is 5.41 Å². The third-order valence-electron chi connectivity index (χ3n) is 5.62. The first-order valence-electron chi connectivity index (χ1n) is 8.94. The molecule has 0 N–H and O–H groups in total. The molecule has 2 fully saturated rings. The Balaban J connectivity index is 1.55. The maximum atomic E-state index is 13.6. The lowest BCUT2D eigenvalue weighted by atomic mass is 9.72. The monoisotopic (exact) mass is 368 g/mol. The smallest absolute Gasteiger partial charge is 0.222 e. The number of halogens is 2. The highest BCUT2D eigenvalue weighted by atomic mass is 35.5. The molecular weight excluding hydrogens is 343 g/mol. The summed E-state index contributed by atoms with van der Waals surface area (Å²) in [6, 6.07) is 5.04. The van der Waals surface area contributed by atoms with E-state index in [1.807, 2.05) is 11.0 Å². The van der Waals surface area contributed by atoms with Gasteiger partial charge in [0, 0.05) is 33.2 Å². The van der Waals surface area contributed by atoms with Crippen LogP contribution in [0.1, 0.15) is 31.2 Å². The topological polar surface area (TPSA) is 32.8 Å². The molecule has 6 heteroatoms. The Labute approximate surface area is 153 Å². The molecule has 2 heterocycles. The van der Waals surface area contributed by atoms with Crippen molar-refractivity contribution in [2.45, 2.75) is 32.2 Å². The van der Waals surface area contributed by atoms with E-state index in [2.05, 4.69) is 4.90 Å². The molecule has 0 aliphatic carbocycles. The standard InChI is InChI=1S/C19H26ClFN2O2/c1-25-11-10-23-14-19(5-4-18(23)24)6-8-22(9-7-19)13-15-2-3-16(20)17(21)12-15/h2-3,12H,4-11,13-14H2,1H3. The van der Waals surface area contributed by atoms with Crippen LogP contribution in [0.5, 0.6) is 0 Å². The fourth-order valence-corrected chi connectivity index (χ4v) is 4.11. The number of nitrogens with zero attached hydrogens (tertiary/aromatic N) is 2. The number of rotatable bonds is 5. The predicted octanol–water partition coefficient (Wildman–Crippen LogP) is 3.33. The number of piperidine rings is 2. The molecule has 0 aromatic heterocycles. The van der Waals surface area contributed by atoms with Crippen molar-refractivity contribution in [1.82, 2.24) is 9.80 Å². The maximum Gasteiger partial charge on any atom is 0.222 e. The summed E-state index contributed by atoms with van der Waals surface area (Å²) >= 11 is 5.75. The van der Waals surface area contributed by atoms with Gasteiger partial charge >= 0.3 is 0 Å². The Kier molecular flexibility index (Phi) is 5.97. The molecule has 3 rings (SSSR count). The van der Waals surface area contributed by atoms with E-state index >= 15 is 0 Å². The minimum Gasteiger partial charge on any atom is -0.383 e. The van der Waals surface area contributed by atoms with Crippen LogP contribution in [0.15, 0.2) is 18.2 Å². The zero-order chi connectivity index (χ0) is 17.9. The van der Waals surface area contributed by atoms with Crippen LogP contribution in [0.25, 0.3) is 0 Å². The van der Waals surface area contributed by atoms with Gasteiger partial charge in [0.1, 0.15) is 5.82 Å². The first-order chi connectivity index (χ1) is 12.0. The third kappa shape index (κ3) is 4.52. The van der Waals surface area contributed by atoms with Crippen LogP contribution in [-0.2, 0) is 16.1 Å². The molecule has 4 nitrogen and oxygen atoms in total. The van der Waals surface area contributed by atoms with Gasteiger partial charge in [-0.3, -0.25) is 9.69 Å². The summed E-state index contributed by atoms with van der Waals surface area (Å²) in [7, 11) is 1.67. The number of carbonyl (C=O) groups is 1. The van der Waals surface area contributed by atoms with Crippen LogP contribution in [0.2, 0.25) is 5.02 Å². The van der Waals surface area contributed by atoms with Crippen LogP contribution in [-0.4, -0.2) is 55.6 Å². The van der Waals surface area contributed by atoms with Crippen molar-refractivity contribution >= 4 is 17.5 Å². The van der Waals surface area contributed by atoms with Gasteiger partial charge in [0.25, 0.3) is 0 Å². The number of ether oxygens (including phenoxy) is 1. The molecule has 1 aromatic carbocycles. The predicted molar refractivity (Wildman–Crippen MR) is 96.0 cm³/mol. The van der Waals surface area contributed by atoms with Gasteiger partial charge in [-0.2, -0.15) is 0 Å². The molecule has 138 valence electrons. The highest BCUT2D eigenvalue weighted by Crippen LogP contribution is 2.40. The number of likely N-dealkylation sites (tertiary alicyclic amines) is 2. The lowest BCUT2D eigenvalue weighted by Crippen LogP contribution is -2.52. The summed E-state index contributed by atoms with van der Waals surface area (Å²) in [6.45, 7) is 4.84. The van der Waals surface area contributed by atoms with Gasteiger partial charge < -0.3 is 9.64 Å². The van der Waals surface area contributed by atoms with Gasteiger partial charge in [-0.05, 0) is 55.5 Å². The summed E-state index contributed by atoms with van der Waals surface area (Å²) in [5, 5.41) is 0.171. The first-order valence-corrected chi connectivity index (χ1v) is 9.32. The minimum atomic E-state index is -0.354. The number of hydrogen-bond donors (Lipinski definition) is 0. The lowest BCUT2D eigenvalue weighted by Gasteiger charge is -2.47. The quantitative estimate of drug-likeness (QED) is 0.799. The van der Waals surface area contributed by atoms with E-state index in [0.29, 0.717) is 19.6 Å². The molecular formula is C19H26ClFN2O2. The van der Waals surface area contributed by atoms with Crippen molar-refractivity contribution in [2.75, 3.05) is 39.9 Å². The van der Waals surface area contributed by atoms with E-state index in [4.69, 9.17) is 16.3 Å². The van der Waals surface area contributed by atoms with E-state index in [1.54, 1.807) is 13.2 Å². The Morgan fingerprint density at radius 2 is 2.04 bits per heavy atom. The Hall–Kier alpha value is -1.17. The summed E-state index contributed by atoms with van der Waals surface area (Å²) in [5.41, 5.74) is 1.20. The molecule has 1 spiro atoms. The molecule has 0 unspecified atom stereocenters. The maximum absolute atomic E-state index is 13.6. The summed E-state index contributed by atoms with van der Waals surface area (Å²) in [4.78, 5) is 16.4. The van der Waals surface area contributed by atoms with Gasteiger partial charge in [0.2, 0.25) is 5.91 Å². The minimum absolute atomic E-state index is 0.171. The van der Waals surface area contributed by atoms with Crippen molar-refractivity contribution in [3.05, 3.63) is 34.6 Å². The average Bonchev–Trinajstić information content (AvgIpc) is 2.61. The number of methoxy groups -OCH3 is 1. The molecule has 1 amide bonds. The Morgan fingerprint density at radius 3 is 2.72 bits per heavy atom. The SMILES string of the molecule is COCCN1CC2(CCC1=O)CCN(Cc1ccc(Cl)c(F)c1)CC2. The molecule has 0 saturated carbocycles. The fourth-order valence-electron chi connectivity index (χ4n) is 4.00. The van der Waals surface area contributed by atoms with Gasteiger partial charge in [0.15, 0.2) is 0 Å². The molecule has 0 atom stereocenters. The highest BCUT2D eigenvalue weighted by molar-refractivity contribution is 6.30. The van der Waals surface area contributed by atoms with Crippen LogP contribution >= 0.6 is 11.6 Å². The van der Waals surface area contributed by atoms with Gasteiger partial charge in [-0.15, -0.1) is 0 Å². The van der Waals surface area contributed by atoms with E-state index < -0.39 is 0 Å². The van der Waals surface area contributed by atoms with Gasteiger partial charge in [-0.1, -0.05) is 17.7 Å². The number of carbonyl (C=O) groups excluding carboxylic acids is 1. The normalized spacial score (nSPS) is 21.1. The van der Waals surface area contributed by atoms with E-state index in [9.17, 15) is 9.18 Å². The van der Waals surface area contributed by atoms with Gasteiger partial charge in [0.05, 0.1) is 11.6 Å². The van der Waals surface area contributed by atoms with Crippen LogP contribution in [0.4, 0.5) is 4.39 Å². The third-order valence-corrected chi connectivity index (χ3v) is 5.93. The number of amides is 1. The number of benzene rings is 1. The Bertz CT molecular complexity index is 617. The zero-order valence-corrected chi connectivity index (χ0v) is 15.5. The van der Waals surface area contributed by atoms with Crippen molar-refractivity contribution in [1.29, 1.82) is 0 Å². The molecule has 2 saturated heterocycles. The molecule has 1 aromatic rings. The van der Waals surface area contributed by atoms with Crippen LogP contribution in [0, 0.1) is 11.2 Å².